The number of aliphatic hydroxyl groups is 1. The molecule has 0 aliphatic heterocycles. The first kappa shape index (κ1) is 13.9. The van der Waals surface area contributed by atoms with Crippen LogP contribution < -0.4 is 5.32 Å². The number of hydrogen-bond acceptors (Lipinski definition) is 3. The van der Waals surface area contributed by atoms with Crippen LogP contribution in [0.1, 0.15) is 33.6 Å². The van der Waals surface area contributed by atoms with Gasteiger partial charge in [-0.1, -0.05) is 13.8 Å². The summed E-state index contributed by atoms with van der Waals surface area (Å²) in [7, 11) is 2.11. The van der Waals surface area contributed by atoms with Gasteiger partial charge >= 0.3 is 0 Å². The molecule has 3 heteroatoms. The first-order chi connectivity index (χ1) is 6.52. The van der Waals surface area contributed by atoms with Crippen molar-refractivity contribution in [3.63, 3.8) is 0 Å². The van der Waals surface area contributed by atoms with E-state index in [1.807, 2.05) is 6.92 Å². The lowest BCUT2D eigenvalue weighted by atomic mass is 10.2. The van der Waals surface area contributed by atoms with E-state index in [2.05, 4.69) is 31.1 Å². The van der Waals surface area contributed by atoms with Crippen LogP contribution in [0.4, 0.5) is 0 Å². The van der Waals surface area contributed by atoms with Crippen LogP contribution in [0.3, 0.4) is 0 Å². The van der Waals surface area contributed by atoms with Gasteiger partial charge in [-0.2, -0.15) is 0 Å². The average Bonchev–Trinajstić information content (AvgIpc) is 2.08. The lowest BCUT2D eigenvalue weighted by Gasteiger charge is -2.17. The van der Waals surface area contributed by atoms with Crippen LogP contribution in [-0.4, -0.2) is 48.8 Å². The van der Waals surface area contributed by atoms with Gasteiger partial charge in [-0.05, 0) is 39.9 Å². The first-order valence-corrected chi connectivity index (χ1v) is 5.62. The molecule has 0 spiro atoms. The number of rotatable bonds is 8. The van der Waals surface area contributed by atoms with E-state index in [1.165, 1.54) is 6.42 Å². The minimum absolute atomic E-state index is 0.175. The molecule has 86 valence electrons. The Balaban J connectivity index is 3.22. The molecule has 0 saturated carbocycles. The van der Waals surface area contributed by atoms with E-state index in [9.17, 15) is 0 Å². The Morgan fingerprint density at radius 2 is 1.86 bits per heavy atom. The molecule has 2 N–H and O–H groups in total. The molecule has 0 radical (unpaired) electrons. The molecule has 0 aromatic carbocycles. The van der Waals surface area contributed by atoms with Crippen molar-refractivity contribution in [2.45, 2.75) is 45.8 Å². The van der Waals surface area contributed by atoms with Gasteiger partial charge in [0, 0.05) is 12.6 Å². The minimum atomic E-state index is -0.175. The van der Waals surface area contributed by atoms with Crippen molar-refractivity contribution in [2.24, 2.45) is 0 Å². The fourth-order valence-corrected chi connectivity index (χ4v) is 1.26. The standard InChI is InChI=1S/C11H26N2O/c1-10(2)12-7-5-8-13(4)9-6-11(3)14/h10-12,14H,5-9H2,1-4H3. The highest BCUT2D eigenvalue weighted by Crippen LogP contribution is 1.94. The van der Waals surface area contributed by atoms with Crippen LogP contribution in [0.2, 0.25) is 0 Å². The van der Waals surface area contributed by atoms with Crippen molar-refractivity contribution in [1.82, 2.24) is 10.2 Å². The van der Waals surface area contributed by atoms with Crippen molar-refractivity contribution in [1.29, 1.82) is 0 Å². The third-order valence-corrected chi connectivity index (χ3v) is 2.20. The summed E-state index contributed by atoms with van der Waals surface area (Å²) in [5.74, 6) is 0. The molecule has 0 fully saturated rings. The second-order valence-corrected chi connectivity index (χ2v) is 4.40. The maximum absolute atomic E-state index is 9.11. The highest BCUT2D eigenvalue weighted by Gasteiger charge is 2.01. The van der Waals surface area contributed by atoms with Crippen molar-refractivity contribution in [2.75, 3.05) is 26.7 Å². The Labute approximate surface area is 88.5 Å². The summed E-state index contributed by atoms with van der Waals surface area (Å²) in [5.41, 5.74) is 0. The lowest BCUT2D eigenvalue weighted by molar-refractivity contribution is 0.164. The zero-order chi connectivity index (χ0) is 11.0. The highest BCUT2D eigenvalue weighted by atomic mass is 16.3. The predicted octanol–water partition coefficient (Wildman–Crippen LogP) is 1.08. The molecule has 0 amide bonds. The van der Waals surface area contributed by atoms with E-state index >= 15 is 0 Å². The van der Waals surface area contributed by atoms with Gasteiger partial charge in [0.25, 0.3) is 0 Å². The Morgan fingerprint density at radius 3 is 2.36 bits per heavy atom. The maximum Gasteiger partial charge on any atom is 0.0524 e. The van der Waals surface area contributed by atoms with E-state index in [4.69, 9.17) is 5.11 Å². The lowest BCUT2D eigenvalue weighted by Crippen LogP contribution is -2.29. The van der Waals surface area contributed by atoms with E-state index in [1.54, 1.807) is 0 Å². The van der Waals surface area contributed by atoms with Crippen LogP contribution in [0.5, 0.6) is 0 Å². The molecule has 0 aliphatic rings. The SMILES string of the molecule is CC(O)CCN(C)CCCNC(C)C. The summed E-state index contributed by atoms with van der Waals surface area (Å²) in [6.07, 6.45) is 1.87. The molecule has 0 heterocycles. The summed E-state index contributed by atoms with van der Waals surface area (Å²) >= 11 is 0. The molecule has 1 atom stereocenters. The molecule has 0 rings (SSSR count). The second kappa shape index (κ2) is 8.21. The third kappa shape index (κ3) is 9.96. The summed E-state index contributed by atoms with van der Waals surface area (Å²) in [6.45, 7) is 9.34. The Kier molecular flexibility index (Phi) is 8.14. The number of nitrogens with one attached hydrogen (secondary N) is 1. The highest BCUT2D eigenvalue weighted by molar-refractivity contribution is 4.58. The average molecular weight is 202 g/mol. The molecule has 0 bridgehead atoms. The molecule has 3 nitrogen and oxygen atoms in total. The van der Waals surface area contributed by atoms with Gasteiger partial charge in [-0.15, -0.1) is 0 Å². The largest absolute Gasteiger partial charge is 0.393 e. The van der Waals surface area contributed by atoms with Gasteiger partial charge in [0.1, 0.15) is 0 Å². The third-order valence-electron chi connectivity index (χ3n) is 2.20. The molecule has 1 unspecified atom stereocenters. The van der Waals surface area contributed by atoms with Crippen LogP contribution >= 0.6 is 0 Å². The second-order valence-electron chi connectivity index (χ2n) is 4.40. The van der Waals surface area contributed by atoms with Gasteiger partial charge in [0.15, 0.2) is 0 Å². The van der Waals surface area contributed by atoms with Crippen molar-refractivity contribution >= 4 is 0 Å². The van der Waals surface area contributed by atoms with Gasteiger partial charge in [-0.25, -0.2) is 0 Å². The summed E-state index contributed by atoms with van der Waals surface area (Å²) in [4.78, 5) is 2.27. The quantitative estimate of drug-likeness (QED) is 0.578. The van der Waals surface area contributed by atoms with Crippen molar-refractivity contribution in [3.8, 4) is 0 Å². The Hall–Kier alpha value is -0.120. The molecule has 14 heavy (non-hydrogen) atoms. The van der Waals surface area contributed by atoms with Gasteiger partial charge < -0.3 is 15.3 Å². The van der Waals surface area contributed by atoms with Crippen LogP contribution in [-0.2, 0) is 0 Å². The monoisotopic (exact) mass is 202 g/mol. The van der Waals surface area contributed by atoms with Crippen molar-refractivity contribution in [3.05, 3.63) is 0 Å². The van der Waals surface area contributed by atoms with Crippen LogP contribution in [0.15, 0.2) is 0 Å². The van der Waals surface area contributed by atoms with E-state index in [0.717, 1.165) is 26.1 Å². The summed E-state index contributed by atoms with van der Waals surface area (Å²) in [6, 6.07) is 0.581. The van der Waals surface area contributed by atoms with Gasteiger partial charge in [0.05, 0.1) is 6.10 Å². The normalized spacial score (nSPS) is 13.9. The first-order valence-electron chi connectivity index (χ1n) is 5.62. The Morgan fingerprint density at radius 1 is 1.21 bits per heavy atom. The van der Waals surface area contributed by atoms with Gasteiger partial charge in [0.2, 0.25) is 0 Å². The zero-order valence-corrected chi connectivity index (χ0v) is 10.1. The molecular weight excluding hydrogens is 176 g/mol. The minimum Gasteiger partial charge on any atom is -0.393 e. The molecule has 0 aliphatic carbocycles. The molecule has 0 aromatic heterocycles. The summed E-state index contributed by atoms with van der Waals surface area (Å²) < 4.78 is 0. The predicted molar refractivity (Wildman–Crippen MR) is 61.6 cm³/mol. The molecular formula is C11H26N2O. The van der Waals surface area contributed by atoms with E-state index in [0.29, 0.717) is 6.04 Å². The zero-order valence-electron chi connectivity index (χ0n) is 10.1. The number of hydrogen-bond donors (Lipinski definition) is 2. The number of aliphatic hydroxyl groups excluding tert-OH is 1. The smallest absolute Gasteiger partial charge is 0.0524 e. The van der Waals surface area contributed by atoms with Crippen LogP contribution in [0.25, 0.3) is 0 Å². The molecule has 0 saturated heterocycles. The van der Waals surface area contributed by atoms with E-state index < -0.39 is 0 Å². The van der Waals surface area contributed by atoms with Crippen molar-refractivity contribution < 1.29 is 5.11 Å². The molecule has 0 aromatic rings. The fourth-order valence-electron chi connectivity index (χ4n) is 1.26. The number of nitrogens with zero attached hydrogens (tertiary/aromatic N) is 1. The Bertz CT molecular complexity index is 126. The van der Waals surface area contributed by atoms with E-state index in [-0.39, 0.29) is 6.10 Å². The summed E-state index contributed by atoms with van der Waals surface area (Å²) in [5, 5.41) is 12.5. The maximum atomic E-state index is 9.11. The van der Waals surface area contributed by atoms with Crippen LogP contribution in [0, 0.1) is 0 Å². The van der Waals surface area contributed by atoms with Gasteiger partial charge in [-0.3, -0.25) is 0 Å². The topological polar surface area (TPSA) is 35.5 Å². The fraction of sp³-hybridized carbons (Fsp3) is 1.00.